The molecule has 0 spiro atoms. The fourth-order valence-corrected chi connectivity index (χ4v) is 0.510. The highest BCUT2D eigenvalue weighted by atomic mass is 16.3. The van der Waals surface area contributed by atoms with Gasteiger partial charge in [0.05, 0.1) is 0 Å². The summed E-state index contributed by atoms with van der Waals surface area (Å²) in [5.74, 6) is 0.338. The molecule has 3 heteroatoms. The van der Waals surface area contributed by atoms with E-state index >= 15 is 0 Å². The molecule has 0 fully saturated rings. The van der Waals surface area contributed by atoms with Crippen LogP contribution in [0.4, 0.5) is 5.82 Å². The summed E-state index contributed by atoms with van der Waals surface area (Å²) >= 11 is 0. The van der Waals surface area contributed by atoms with Crippen molar-refractivity contribution in [1.82, 2.24) is 4.98 Å². The quantitative estimate of drug-likeness (QED) is 0.567. The largest absolute Gasteiger partial charge is 0.504 e. The molecule has 9 heavy (non-hydrogen) atoms. The first-order chi connectivity index (χ1) is 4.34. The normalized spacial score (nSPS) is 8.89. The smallest absolute Gasteiger partial charge is 0.194 e. The second kappa shape index (κ2) is 2.26. The predicted octanol–water partition coefficient (Wildman–Crippen LogP) is 1.12. The van der Waals surface area contributed by atoms with Crippen molar-refractivity contribution in [3.05, 3.63) is 18.3 Å². The molecule has 0 bridgehead atoms. The molecule has 0 saturated heterocycles. The highest BCUT2D eigenvalue weighted by molar-refractivity contribution is 5.48. The molecule has 0 saturated carbocycles. The Morgan fingerprint density at radius 3 is 2.89 bits per heavy atom. The Morgan fingerprint density at radius 1 is 1.67 bits per heavy atom. The van der Waals surface area contributed by atoms with Crippen molar-refractivity contribution in [2.45, 2.75) is 0 Å². The van der Waals surface area contributed by atoms with E-state index in [-0.39, 0.29) is 11.6 Å². The van der Waals surface area contributed by atoms with Crippen LogP contribution in [0.25, 0.3) is 0 Å². The Morgan fingerprint density at radius 2 is 2.44 bits per heavy atom. The molecule has 1 aromatic heterocycles. The molecule has 0 amide bonds. The van der Waals surface area contributed by atoms with Gasteiger partial charge in [-0.1, -0.05) is 0 Å². The van der Waals surface area contributed by atoms with E-state index in [0.29, 0.717) is 0 Å². The number of aromatic hydroxyl groups is 1. The van der Waals surface area contributed by atoms with Crippen LogP contribution in [-0.2, 0) is 0 Å². The second-order valence-electron chi connectivity index (χ2n) is 1.50. The Labute approximate surface area is 52.7 Å². The van der Waals surface area contributed by atoms with E-state index in [1.165, 1.54) is 6.07 Å². The predicted molar refractivity (Wildman–Crippen MR) is 35.1 cm³/mol. The molecule has 46 valence electrons. The minimum atomic E-state index is 0.0625. The van der Waals surface area contributed by atoms with E-state index < -0.39 is 0 Å². The zero-order chi connectivity index (χ0) is 6.69. The van der Waals surface area contributed by atoms with E-state index in [2.05, 4.69) is 16.7 Å². The number of rotatable bonds is 1. The zero-order valence-electron chi connectivity index (χ0n) is 4.78. The minimum Gasteiger partial charge on any atom is -0.504 e. The monoisotopic (exact) mass is 122 g/mol. The molecule has 1 heterocycles. The molecule has 1 N–H and O–H groups in total. The van der Waals surface area contributed by atoms with E-state index in [0.717, 1.165) is 0 Å². The average molecular weight is 122 g/mol. The van der Waals surface area contributed by atoms with Gasteiger partial charge in [-0.2, -0.15) is 0 Å². The molecular weight excluding hydrogens is 116 g/mol. The number of hydrogen-bond donors (Lipinski definition) is 1. The fraction of sp³-hybridized carbons (Fsp3) is 0. The van der Waals surface area contributed by atoms with Gasteiger partial charge in [0, 0.05) is 6.20 Å². The lowest BCUT2D eigenvalue weighted by atomic mass is 10.4. The maximum Gasteiger partial charge on any atom is 0.194 e. The molecule has 0 radical (unpaired) electrons. The van der Waals surface area contributed by atoms with E-state index in [1.807, 2.05) is 0 Å². The van der Waals surface area contributed by atoms with E-state index in [4.69, 9.17) is 5.11 Å². The van der Waals surface area contributed by atoms with Crippen molar-refractivity contribution in [3.8, 4) is 5.75 Å². The number of aromatic nitrogens is 1. The minimum absolute atomic E-state index is 0.0625. The summed E-state index contributed by atoms with van der Waals surface area (Å²) in [5, 5.41) is 8.91. The molecule has 1 rings (SSSR count). The van der Waals surface area contributed by atoms with Gasteiger partial charge in [0.1, 0.15) is 0 Å². The summed E-state index contributed by atoms with van der Waals surface area (Å²) in [6.07, 6.45) is 1.55. The molecule has 0 aliphatic rings. The summed E-state index contributed by atoms with van der Waals surface area (Å²) in [7, 11) is 0. The number of aliphatic imine (C=N–C) groups is 1. The maximum absolute atomic E-state index is 8.91. The van der Waals surface area contributed by atoms with Crippen LogP contribution in [0.1, 0.15) is 0 Å². The topological polar surface area (TPSA) is 45.5 Å². The SMILES string of the molecule is C=Nc1ncccc1O. The van der Waals surface area contributed by atoms with Gasteiger partial charge in [-0.05, 0) is 18.9 Å². The van der Waals surface area contributed by atoms with Gasteiger partial charge >= 0.3 is 0 Å². The van der Waals surface area contributed by atoms with Crippen LogP contribution in [0.5, 0.6) is 5.75 Å². The third-order valence-corrected chi connectivity index (χ3v) is 0.916. The lowest BCUT2D eigenvalue weighted by Gasteiger charge is -1.91. The maximum atomic E-state index is 8.91. The molecule has 0 atom stereocenters. The Balaban J connectivity index is 3.15. The summed E-state index contributed by atoms with van der Waals surface area (Å²) in [5.41, 5.74) is 0. The molecule has 0 unspecified atom stereocenters. The van der Waals surface area contributed by atoms with Crippen molar-refractivity contribution in [2.75, 3.05) is 0 Å². The zero-order valence-corrected chi connectivity index (χ0v) is 4.78. The molecule has 0 aliphatic heterocycles. The van der Waals surface area contributed by atoms with Gasteiger partial charge in [0.15, 0.2) is 11.6 Å². The summed E-state index contributed by atoms with van der Waals surface area (Å²) in [6, 6.07) is 3.14. The van der Waals surface area contributed by atoms with Gasteiger partial charge in [0.2, 0.25) is 0 Å². The molecule has 0 aliphatic carbocycles. The molecular formula is C6H6N2O. The van der Waals surface area contributed by atoms with Crippen LogP contribution >= 0.6 is 0 Å². The molecule has 0 aromatic carbocycles. The number of pyridine rings is 1. The highest BCUT2D eigenvalue weighted by Gasteiger charge is 1.93. The number of hydrogen-bond acceptors (Lipinski definition) is 3. The van der Waals surface area contributed by atoms with Gasteiger partial charge in [-0.25, -0.2) is 9.98 Å². The first-order valence-corrected chi connectivity index (χ1v) is 2.45. The van der Waals surface area contributed by atoms with Crippen LogP contribution in [0.2, 0.25) is 0 Å². The standard InChI is InChI=1S/C6H6N2O/c1-7-6-5(9)3-2-4-8-6/h2-4,9H,1H2. The van der Waals surface area contributed by atoms with E-state index in [9.17, 15) is 0 Å². The van der Waals surface area contributed by atoms with Gasteiger partial charge in [-0.3, -0.25) is 0 Å². The van der Waals surface area contributed by atoms with E-state index in [1.54, 1.807) is 12.3 Å². The van der Waals surface area contributed by atoms with Gasteiger partial charge < -0.3 is 5.11 Å². The lowest BCUT2D eigenvalue weighted by Crippen LogP contribution is -1.71. The van der Waals surface area contributed by atoms with Crippen LogP contribution in [0.3, 0.4) is 0 Å². The molecule has 1 aromatic rings. The third-order valence-electron chi connectivity index (χ3n) is 0.916. The lowest BCUT2D eigenvalue weighted by molar-refractivity contribution is 0.474. The van der Waals surface area contributed by atoms with Crippen molar-refractivity contribution in [2.24, 2.45) is 4.99 Å². The summed E-state index contributed by atoms with van der Waals surface area (Å²) < 4.78 is 0. The summed E-state index contributed by atoms with van der Waals surface area (Å²) in [6.45, 7) is 3.22. The van der Waals surface area contributed by atoms with Crippen molar-refractivity contribution < 1.29 is 5.11 Å². The van der Waals surface area contributed by atoms with Crippen LogP contribution in [-0.4, -0.2) is 16.8 Å². The van der Waals surface area contributed by atoms with Crippen LogP contribution in [0.15, 0.2) is 23.3 Å². The van der Waals surface area contributed by atoms with Crippen LogP contribution < -0.4 is 0 Å². The number of nitrogens with zero attached hydrogens (tertiary/aromatic N) is 2. The second-order valence-corrected chi connectivity index (χ2v) is 1.50. The third kappa shape index (κ3) is 1.05. The van der Waals surface area contributed by atoms with Crippen molar-refractivity contribution in [3.63, 3.8) is 0 Å². The Bertz CT molecular complexity index is 222. The first-order valence-electron chi connectivity index (χ1n) is 2.45. The van der Waals surface area contributed by atoms with Crippen molar-refractivity contribution in [1.29, 1.82) is 0 Å². The molecule has 3 nitrogen and oxygen atoms in total. The Kier molecular flexibility index (Phi) is 1.44. The average Bonchev–Trinajstić information content (AvgIpc) is 1.89. The Hall–Kier alpha value is -1.38. The fourth-order valence-electron chi connectivity index (χ4n) is 0.510. The van der Waals surface area contributed by atoms with Gasteiger partial charge in [-0.15, -0.1) is 0 Å². The van der Waals surface area contributed by atoms with Crippen molar-refractivity contribution >= 4 is 12.5 Å². The highest BCUT2D eigenvalue weighted by Crippen LogP contribution is 2.19. The first kappa shape index (κ1) is 5.75. The van der Waals surface area contributed by atoms with Gasteiger partial charge in [0.25, 0.3) is 0 Å². The van der Waals surface area contributed by atoms with Crippen LogP contribution in [0, 0.1) is 0 Å². The summed E-state index contributed by atoms with van der Waals surface area (Å²) in [4.78, 5) is 7.18.